The van der Waals surface area contributed by atoms with Crippen LogP contribution in [0, 0.1) is 0 Å². The van der Waals surface area contributed by atoms with Gasteiger partial charge in [0.15, 0.2) is 6.10 Å². The van der Waals surface area contributed by atoms with Crippen molar-refractivity contribution >= 4 is 23.6 Å². The van der Waals surface area contributed by atoms with Crippen LogP contribution in [0.2, 0.25) is 0 Å². The second-order valence-corrected chi connectivity index (χ2v) is 5.08. The number of hydrogen-bond donors (Lipinski definition) is 3. The molecule has 0 bridgehead atoms. The number of aliphatic hydroxyl groups excluding tert-OH is 3. The van der Waals surface area contributed by atoms with Gasteiger partial charge in [0.2, 0.25) is 0 Å². The summed E-state index contributed by atoms with van der Waals surface area (Å²) >= 11 is 1.18. The van der Waals surface area contributed by atoms with E-state index in [-0.39, 0.29) is 5.75 Å². The van der Waals surface area contributed by atoms with E-state index in [0.717, 1.165) is 4.90 Å². The molecule has 2 fully saturated rings. The van der Waals surface area contributed by atoms with E-state index in [0.29, 0.717) is 0 Å². The number of amides is 1. The molecule has 0 saturated carbocycles. The average molecular weight is 263 g/mol. The minimum atomic E-state index is -1.70. The number of piperidine rings is 1. The lowest BCUT2D eigenvalue weighted by Crippen LogP contribution is -2.64. The summed E-state index contributed by atoms with van der Waals surface area (Å²) in [6.45, 7) is 0. The molecule has 7 nitrogen and oxygen atoms in total. The first-order valence-corrected chi connectivity index (χ1v) is 6.09. The van der Waals surface area contributed by atoms with Gasteiger partial charge in [-0.1, -0.05) is 0 Å². The second kappa shape index (κ2) is 4.45. The third-order valence-corrected chi connectivity index (χ3v) is 4.34. The van der Waals surface area contributed by atoms with Gasteiger partial charge in [-0.3, -0.25) is 4.79 Å². The van der Waals surface area contributed by atoms with E-state index in [4.69, 9.17) is 0 Å². The van der Waals surface area contributed by atoms with Crippen LogP contribution in [0.5, 0.6) is 0 Å². The first-order chi connectivity index (χ1) is 7.99. The Hall–Kier alpha value is -0.830. The van der Waals surface area contributed by atoms with Gasteiger partial charge < -0.3 is 25.0 Å². The van der Waals surface area contributed by atoms with Crippen molar-refractivity contribution < 1.29 is 29.6 Å². The highest BCUT2D eigenvalue weighted by Crippen LogP contribution is 2.37. The molecule has 2 saturated heterocycles. The van der Waals surface area contributed by atoms with E-state index < -0.39 is 41.6 Å². The van der Waals surface area contributed by atoms with Gasteiger partial charge >= 0.3 is 5.97 Å². The summed E-state index contributed by atoms with van der Waals surface area (Å²) in [4.78, 5) is 24.3. The topological polar surface area (TPSA) is 107 Å². The summed E-state index contributed by atoms with van der Waals surface area (Å²) < 4.78 is 4.56. The molecule has 0 unspecified atom stereocenters. The molecule has 2 rings (SSSR count). The van der Waals surface area contributed by atoms with Gasteiger partial charge in [-0.25, -0.2) is 4.79 Å². The number of rotatable bonds is 1. The molecule has 0 aromatic heterocycles. The summed E-state index contributed by atoms with van der Waals surface area (Å²) in [7, 11) is 1.20. The number of esters is 1. The monoisotopic (exact) mass is 263 g/mol. The summed E-state index contributed by atoms with van der Waals surface area (Å²) in [5.74, 6) is -1.07. The van der Waals surface area contributed by atoms with Crippen LogP contribution in [0.15, 0.2) is 0 Å². The Bertz CT molecular complexity index is 350. The molecular weight excluding hydrogens is 250 g/mol. The Morgan fingerprint density at radius 1 is 1.41 bits per heavy atom. The minimum Gasteiger partial charge on any atom is -0.467 e. The van der Waals surface area contributed by atoms with Crippen molar-refractivity contribution in [2.45, 2.75) is 29.7 Å². The molecule has 0 spiro atoms. The summed E-state index contributed by atoms with van der Waals surface area (Å²) in [5.41, 5.74) is 0. The first kappa shape index (κ1) is 12.6. The molecule has 2 aliphatic heterocycles. The number of ether oxygens (including phenoxy) is 1. The van der Waals surface area contributed by atoms with Crippen molar-refractivity contribution in [3.8, 4) is 0 Å². The van der Waals surface area contributed by atoms with Gasteiger partial charge in [-0.05, 0) is 0 Å². The fourth-order valence-electron chi connectivity index (χ4n) is 2.04. The maximum Gasteiger partial charge on any atom is 0.329 e. The number of carbonyl (C=O) groups excluding carboxylic acids is 2. The summed E-state index contributed by atoms with van der Waals surface area (Å²) in [6, 6.07) is -0.820. The molecule has 0 aromatic carbocycles. The lowest BCUT2D eigenvalue weighted by Gasteiger charge is -2.40. The highest BCUT2D eigenvalue weighted by atomic mass is 32.2. The van der Waals surface area contributed by atoms with Crippen molar-refractivity contribution in [1.29, 1.82) is 0 Å². The highest BCUT2D eigenvalue weighted by Gasteiger charge is 2.54. The molecule has 96 valence electrons. The smallest absolute Gasteiger partial charge is 0.329 e. The number of aliphatic hydroxyl groups is 3. The Balaban J connectivity index is 2.27. The van der Waals surface area contributed by atoms with Crippen LogP contribution in [-0.4, -0.2) is 74.7 Å². The maximum absolute atomic E-state index is 11.8. The molecule has 17 heavy (non-hydrogen) atoms. The van der Waals surface area contributed by atoms with Crippen LogP contribution < -0.4 is 0 Å². The first-order valence-electron chi connectivity index (χ1n) is 5.05. The van der Waals surface area contributed by atoms with Gasteiger partial charge in [-0.2, -0.15) is 0 Å². The van der Waals surface area contributed by atoms with Crippen molar-refractivity contribution in [1.82, 2.24) is 4.90 Å². The standard InChI is InChI=1S/C9H13NO6S/c1-16-9(15)3-2-17-8-6(13)4(11)5(12)7(14)10(3)8/h3-6,8,11-13H,2H2,1H3/t3-,4+,5-,6-,8-/m0/s1. The van der Waals surface area contributed by atoms with E-state index in [1.54, 1.807) is 0 Å². The summed E-state index contributed by atoms with van der Waals surface area (Å²) in [6.07, 6.45) is -4.50. The number of carbonyl (C=O) groups is 2. The van der Waals surface area contributed by atoms with Crippen molar-refractivity contribution in [2.75, 3.05) is 12.9 Å². The number of hydrogen-bond acceptors (Lipinski definition) is 7. The Labute approximate surface area is 101 Å². The van der Waals surface area contributed by atoms with Crippen molar-refractivity contribution in [3.05, 3.63) is 0 Å². The predicted octanol–water partition coefficient (Wildman–Crippen LogP) is -2.47. The van der Waals surface area contributed by atoms with E-state index in [1.165, 1.54) is 18.9 Å². The Kier molecular flexibility index (Phi) is 3.30. The third-order valence-electron chi connectivity index (χ3n) is 2.98. The number of methoxy groups -OCH3 is 1. The fourth-order valence-corrected chi connectivity index (χ4v) is 3.49. The molecule has 0 aliphatic carbocycles. The molecule has 1 amide bonds. The number of nitrogens with zero attached hydrogens (tertiary/aromatic N) is 1. The van der Waals surface area contributed by atoms with Crippen molar-refractivity contribution in [3.63, 3.8) is 0 Å². The van der Waals surface area contributed by atoms with Crippen LogP contribution in [-0.2, 0) is 14.3 Å². The Morgan fingerprint density at radius 2 is 2.06 bits per heavy atom. The molecule has 2 heterocycles. The maximum atomic E-state index is 11.8. The van der Waals surface area contributed by atoms with E-state index in [1.807, 2.05) is 0 Å². The zero-order chi connectivity index (χ0) is 12.7. The molecule has 0 aromatic rings. The lowest BCUT2D eigenvalue weighted by molar-refractivity contribution is -0.175. The van der Waals surface area contributed by atoms with Crippen LogP contribution in [0.25, 0.3) is 0 Å². The van der Waals surface area contributed by atoms with Gasteiger partial charge in [0.1, 0.15) is 23.6 Å². The van der Waals surface area contributed by atoms with Gasteiger partial charge in [0, 0.05) is 5.75 Å². The van der Waals surface area contributed by atoms with E-state index >= 15 is 0 Å². The number of fused-ring (bicyclic) bond motifs is 1. The SMILES string of the molecule is COC(=O)[C@@H]1CS[C@H]2[C@@H](O)[C@H](O)[C@H](O)C(=O)N12. The van der Waals surface area contributed by atoms with Gasteiger partial charge in [0.25, 0.3) is 5.91 Å². The Morgan fingerprint density at radius 3 is 2.65 bits per heavy atom. The van der Waals surface area contributed by atoms with E-state index in [2.05, 4.69) is 4.74 Å². The highest BCUT2D eigenvalue weighted by molar-refractivity contribution is 8.00. The third kappa shape index (κ3) is 1.81. The summed E-state index contributed by atoms with van der Waals surface area (Å²) in [5, 5.41) is 28.0. The van der Waals surface area contributed by atoms with Gasteiger partial charge in [-0.15, -0.1) is 11.8 Å². The zero-order valence-electron chi connectivity index (χ0n) is 9.02. The number of thioether (sulfide) groups is 1. The molecule has 0 radical (unpaired) electrons. The van der Waals surface area contributed by atoms with Crippen LogP contribution in [0.3, 0.4) is 0 Å². The van der Waals surface area contributed by atoms with Crippen LogP contribution in [0.1, 0.15) is 0 Å². The second-order valence-electron chi connectivity index (χ2n) is 3.93. The molecule has 8 heteroatoms. The van der Waals surface area contributed by atoms with E-state index in [9.17, 15) is 24.9 Å². The zero-order valence-corrected chi connectivity index (χ0v) is 9.83. The minimum absolute atomic E-state index is 0.277. The molecular formula is C9H13NO6S. The molecule has 3 N–H and O–H groups in total. The lowest BCUT2D eigenvalue weighted by atomic mass is 9.99. The largest absolute Gasteiger partial charge is 0.467 e. The normalized spacial score (nSPS) is 41.3. The van der Waals surface area contributed by atoms with Crippen LogP contribution in [0.4, 0.5) is 0 Å². The fraction of sp³-hybridized carbons (Fsp3) is 0.778. The van der Waals surface area contributed by atoms with Crippen molar-refractivity contribution in [2.24, 2.45) is 0 Å². The van der Waals surface area contributed by atoms with Gasteiger partial charge in [0.05, 0.1) is 7.11 Å². The van der Waals surface area contributed by atoms with Crippen LogP contribution >= 0.6 is 11.8 Å². The quantitative estimate of drug-likeness (QED) is 0.450. The molecule has 2 aliphatic rings. The average Bonchev–Trinajstić information content (AvgIpc) is 2.77. The molecule has 5 atom stereocenters. The predicted molar refractivity (Wildman–Crippen MR) is 56.9 cm³/mol.